The molecule has 2 aromatic heterocycles. The Morgan fingerprint density at radius 1 is 0.944 bits per heavy atom. The van der Waals surface area contributed by atoms with Crippen LogP contribution in [0.15, 0.2) is 54.9 Å². The third-order valence-corrected chi connectivity index (χ3v) is 4.06. The largest absolute Gasteiger partial charge is 0.295 e. The van der Waals surface area contributed by atoms with Gasteiger partial charge in [0.25, 0.3) is 5.65 Å². The molecule has 0 N–H and O–H groups in total. The molecule has 18 heavy (non-hydrogen) atoms. The van der Waals surface area contributed by atoms with Gasteiger partial charge in [-0.3, -0.25) is 0 Å². The summed E-state index contributed by atoms with van der Waals surface area (Å²) in [6.07, 6.45) is 4.36. The lowest BCUT2D eigenvalue weighted by molar-refractivity contribution is -0.657. The lowest BCUT2D eigenvalue weighted by Gasteiger charge is -2.02. The van der Waals surface area contributed by atoms with Gasteiger partial charge in [-0.05, 0) is 6.07 Å². The van der Waals surface area contributed by atoms with Crippen LogP contribution in [0.2, 0.25) is 0 Å². The summed E-state index contributed by atoms with van der Waals surface area (Å²) >= 11 is 0. The predicted molar refractivity (Wildman–Crippen MR) is 71.7 cm³/mol. The molecule has 2 aromatic carbocycles. The highest BCUT2D eigenvalue weighted by Crippen LogP contribution is 2.33. The molecule has 2 heteroatoms. The molecule has 0 fully saturated rings. The summed E-state index contributed by atoms with van der Waals surface area (Å²) in [6, 6.07) is 15.3. The van der Waals surface area contributed by atoms with Crippen LogP contribution in [0.1, 0.15) is 5.56 Å². The molecule has 84 valence electrons. The van der Waals surface area contributed by atoms with E-state index in [-0.39, 0.29) is 0 Å². The summed E-state index contributed by atoms with van der Waals surface area (Å²) in [5.74, 6) is 0. The van der Waals surface area contributed by atoms with Gasteiger partial charge < -0.3 is 0 Å². The highest BCUT2D eigenvalue weighted by atomic mass is 15.1. The Morgan fingerprint density at radius 2 is 1.83 bits per heavy atom. The molecule has 4 aromatic rings. The average Bonchev–Trinajstić information content (AvgIpc) is 2.97. The van der Waals surface area contributed by atoms with E-state index in [1.165, 1.54) is 32.9 Å². The minimum absolute atomic E-state index is 0.999. The molecule has 0 spiro atoms. The summed E-state index contributed by atoms with van der Waals surface area (Å²) in [5, 5.41) is 4.13. The van der Waals surface area contributed by atoms with Gasteiger partial charge in [0.15, 0.2) is 0 Å². The molecular weight excluding hydrogens is 220 g/mol. The van der Waals surface area contributed by atoms with E-state index in [1.54, 1.807) is 0 Å². The topological polar surface area (TPSA) is 8.29 Å². The number of aromatic nitrogens is 2. The number of fused-ring (bicyclic) bond motifs is 3. The normalized spacial score (nSPS) is 13.3. The van der Waals surface area contributed by atoms with Crippen molar-refractivity contribution >= 4 is 27.3 Å². The lowest BCUT2D eigenvalue weighted by Crippen LogP contribution is -2.28. The Bertz CT molecular complexity index is 947. The van der Waals surface area contributed by atoms with Gasteiger partial charge in [0, 0.05) is 16.3 Å². The van der Waals surface area contributed by atoms with Gasteiger partial charge >= 0.3 is 0 Å². The second kappa shape index (κ2) is 2.72. The Kier molecular flexibility index (Phi) is 1.32. The molecule has 0 unspecified atom stereocenters. The Morgan fingerprint density at radius 3 is 2.83 bits per heavy atom. The minimum Gasteiger partial charge on any atom is -0.225 e. The van der Waals surface area contributed by atoms with Crippen LogP contribution in [-0.2, 0) is 6.54 Å². The van der Waals surface area contributed by atoms with E-state index in [2.05, 4.69) is 63.8 Å². The summed E-state index contributed by atoms with van der Waals surface area (Å²) in [7, 11) is 0. The Balaban J connectivity index is 2.30. The van der Waals surface area contributed by atoms with E-state index in [0.29, 0.717) is 0 Å². The van der Waals surface area contributed by atoms with E-state index in [4.69, 9.17) is 0 Å². The molecule has 0 amide bonds. The maximum atomic E-state index is 2.34. The number of rotatable bonds is 0. The molecule has 5 rings (SSSR count). The van der Waals surface area contributed by atoms with Crippen molar-refractivity contribution in [1.82, 2.24) is 4.40 Å². The number of para-hydroxylation sites is 1. The lowest BCUT2D eigenvalue weighted by atomic mass is 10.0. The SMILES string of the molecule is c1cc2c3c(c1)c1ccccc1n1cc[n+](c31)C2. The van der Waals surface area contributed by atoms with Crippen LogP contribution in [0.25, 0.3) is 27.3 Å². The zero-order chi connectivity index (χ0) is 11.7. The van der Waals surface area contributed by atoms with Crippen LogP contribution >= 0.6 is 0 Å². The van der Waals surface area contributed by atoms with Gasteiger partial charge in [-0.2, -0.15) is 4.40 Å². The number of benzene rings is 2. The first-order chi connectivity index (χ1) is 8.93. The highest BCUT2D eigenvalue weighted by Gasteiger charge is 2.26. The second-order valence-electron chi connectivity index (χ2n) is 4.98. The summed E-state index contributed by atoms with van der Waals surface area (Å²) in [4.78, 5) is 0. The zero-order valence-electron chi connectivity index (χ0n) is 9.80. The van der Waals surface area contributed by atoms with Crippen LogP contribution < -0.4 is 4.57 Å². The molecule has 2 nitrogen and oxygen atoms in total. The maximum absolute atomic E-state index is 2.34. The Hall–Kier alpha value is -2.35. The van der Waals surface area contributed by atoms with Crippen LogP contribution in [0, 0.1) is 0 Å². The Labute approximate surface area is 104 Å². The van der Waals surface area contributed by atoms with E-state index in [0.717, 1.165) is 6.54 Å². The molecule has 3 heterocycles. The highest BCUT2D eigenvalue weighted by molar-refractivity contribution is 6.12. The number of pyridine rings is 1. The van der Waals surface area contributed by atoms with Crippen molar-refractivity contribution in [3.63, 3.8) is 0 Å². The van der Waals surface area contributed by atoms with E-state index >= 15 is 0 Å². The van der Waals surface area contributed by atoms with Crippen LogP contribution in [0.3, 0.4) is 0 Å². The summed E-state index contributed by atoms with van der Waals surface area (Å²) in [6.45, 7) is 0.999. The van der Waals surface area contributed by atoms with Gasteiger partial charge in [-0.1, -0.05) is 36.4 Å². The third-order valence-electron chi connectivity index (χ3n) is 4.06. The van der Waals surface area contributed by atoms with Gasteiger partial charge in [-0.15, -0.1) is 0 Å². The van der Waals surface area contributed by atoms with E-state index < -0.39 is 0 Å². The molecule has 0 aliphatic carbocycles. The van der Waals surface area contributed by atoms with Gasteiger partial charge in [0.05, 0.1) is 5.39 Å². The molecular formula is C16H11N2+. The average molecular weight is 231 g/mol. The summed E-state index contributed by atoms with van der Waals surface area (Å²) < 4.78 is 4.65. The third kappa shape index (κ3) is 0.819. The van der Waals surface area contributed by atoms with Crippen molar-refractivity contribution < 1.29 is 4.57 Å². The second-order valence-corrected chi connectivity index (χ2v) is 4.98. The number of hydrogen-bond donors (Lipinski definition) is 0. The van der Waals surface area contributed by atoms with Crippen molar-refractivity contribution in [1.29, 1.82) is 0 Å². The van der Waals surface area contributed by atoms with Gasteiger partial charge in [0.1, 0.15) is 24.5 Å². The fraction of sp³-hybridized carbons (Fsp3) is 0.0625. The smallest absolute Gasteiger partial charge is 0.225 e. The van der Waals surface area contributed by atoms with Crippen molar-refractivity contribution in [2.45, 2.75) is 6.54 Å². The number of imidazole rings is 1. The quantitative estimate of drug-likeness (QED) is 0.286. The van der Waals surface area contributed by atoms with Crippen molar-refractivity contribution in [2.75, 3.05) is 0 Å². The molecule has 0 saturated carbocycles. The first-order valence-electron chi connectivity index (χ1n) is 6.26. The number of hydrogen-bond acceptors (Lipinski definition) is 0. The monoisotopic (exact) mass is 231 g/mol. The standard InChI is InChI=1S/C16H11N2/c1-2-7-14-12(5-1)13-6-3-4-11-10-17-8-9-18(14)16(17)15(11)13/h1-9H,10H2/q+1. The fourth-order valence-electron chi connectivity index (χ4n) is 3.33. The fourth-order valence-corrected chi connectivity index (χ4v) is 3.33. The molecule has 1 aliphatic heterocycles. The minimum atomic E-state index is 0.999. The molecule has 0 bridgehead atoms. The number of nitrogens with zero attached hydrogens (tertiary/aromatic N) is 2. The molecule has 0 radical (unpaired) electrons. The van der Waals surface area contributed by atoms with E-state index in [9.17, 15) is 0 Å². The first-order valence-corrected chi connectivity index (χ1v) is 6.26. The molecule has 0 saturated heterocycles. The van der Waals surface area contributed by atoms with Crippen LogP contribution in [-0.4, -0.2) is 4.40 Å². The maximum Gasteiger partial charge on any atom is 0.295 e. The summed E-state index contributed by atoms with van der Waals surface area (Å²) in [5.41, 5.74) is 4.06. The molecule has 0 atom stereocenters. The van der Waals surface area contributed by atoms with Crippen LogP contribution in [0.4, 0.5) is 0 Å². The van der Waals surface area contributed by atoms with Crippen LogP contribution in [0.5, 0.6) is 0 Å². The van der Waals surface area contributed by atoms with E-state index in [1.807, 2.05) is 0 Å². The van der Waals surface area contributed by atoms with Crippen molar-refractivity contribution in [3.05, 3.63) is 60.4 Å². The van der Waals surface area contributed by atoms with Crippen molar-refractivity contribution in [3.8, 4) is 0 Å². The predicted octanol–water partition coefficient (Wildman–Crippen LogP) is 2.89. The van der Waals surface area contributed by atoms with Gasteiger partial charge in [-0.25, -0.2) is 4.57 Å². The van der Waals surface area contributed by atoms with Crippen molar-refractivity contribution in [2.24, 2.45) is 0 Å². The zero-order valence-corrected chi connectivity index (χ0v) is 9.80. The van der Waals surface area contributed by atoms with Gasteiger partial charge in [0.2, 0.25) is 0 Å². The first kappa shape index (κ1) is 8.70. The molecule has 1 aliphatic rings.